The van der Waals surface area contributed by atoms with E-state index in [1.54, 1.807) is 17.4 Å². The van der Waals surface area contributed by atoms with Gasteiger partial charge in [0.25, 0.3) is 5.91 Å². The van der Waals surface area contributed by atoms with Crippen molar-refractivity contribution in [3.63, 3.8) is 0 Å². The Morgan fingerprint density at radius 3 is 2.40 bits per heavy atom. The normalized spacial score (nSPS) is 22.8. The highest BCUT2D eigenvalue weighted by Crippen LogP contribution is 2.45. The number of benzene rings is 1. The van der Waals surface area contributed by atoms with E-state index in [1.165, 1.54) is 82.7 Å². The molecule has 2 N–H and O–H groups in total. The number of nitrogens with one attached hydrogen (secondary N) is 2. The standard InChI is InChI=1S/C37H56FN7O2/c1-26(2)45(27(3)4)36(46)32-21-29(38)5-6-33(32)47-34-22-40-25-41-35(34)44-18-11-28(24-44)23-43-19-14-37(15-20-43)12-7-30(8-13-37)42-31-9-16-39-17-10-31/h5-6,21-22,25-28,30-31,39,42H,7-20,23-24H2,1-4H3/t28-/m0/s1. The summed E-state index contributed by atoms with van der Waals surface area (Å²) in [5.41, 5.74) is 0.760. The number of halogens is 1. The number of piperidine rings is 2. The van der Waals surface area contributed by atoms with Crippen LogP contribution in [0.2, 0.25) is 0 Å². The monoisotopic (exact) mass is 649 g/mol. The maximum absolute atomic E-state index is 14.4. The Kier molecular flexibility index (Phi) is 11.0. The molecule has 0 bridgehead atoms. The molecule has 47 heavy (non-hydrogen) atoms. The average molecular weight is 650 g/mol. The molecule has 1 aromatic carbocycles. The fraction of sp³-hybridized carbons (Fsp3) is 0.703. The second kappa shape index (κ2) is 15.2. The van der Waals surface area contributed by atoms with Crippen LogP contribution in [0.25, 0.3) is 0 Å². The SMILES string of the molecule is CC(C)N(C(=O)c1cc(F)ccc1Oc1cncnc1N1CC[C@@H](CN2CCC3(CCC(NC4CCNCC4)CC3)CC2)C1)C(C)C. The number of amides is 1. The molecule has 0 radical (unpaired) electrons. The average Bonchev–Trinajstić information content (AvgIpc) is 3.53. The number of hydrogen-bond acceptors (Lipinski definition) is 8. The van der Waals surface area contributed by atoms with Crippen LogP contribution in [0.4, 0.5) is 10.2 Å². The van der Waals surface area contributed by atoms with Gasteiger partial charge in [0, 0.05) is 43.8 Å². The largest absolute Gasteiger partial charge is 0.451 e. The predicted molar refractivity (Wildman–Crippen MR) is 185 cm³/mol. The van der Waals surface area contributed by atoms with Gasteiger partial charge in [-0.25, -0.2) is 14.4 Å². The van der Waals surface area contributed by atoms with Gasteiger partial charge in [0.1, 0.15) is 17.9 Å². The van der Waals surface area contributed by atoms with Gasteiger partial charge in [-0.2, -0.15) is 0 Å². The number of carbonyl (C=O) groups excluding carboxylic acids is 1. The van der Waals surface area contributed by atoms with Crippen LogP contribution in [0, 0.1) is 17.2 Å². The quantitative estimate of drug-likeness (QED) is 0.331. The molecule has 9 nitrogen and oxygen atoms in total. The molecular formula is C37H56FN7O2. The summed E-state index contributed by atoms with van der Waals surface area (Å²) >= 11 is 0. The molecule has 1 spiro atoms. The number of aromatic nitrogens is 2. The van der Waals surface area contributed by atoms with E-state index in [9.17, 15) is 9.18 Å². The summed E-state index contributed by atoms with van der Waals surface area (Å²) in [5, 5.41) is 7.47. The molecule has 1 amide bonds. The lowest BCUT2D eigenvalue weighted by atomic mass is 9.67. The topological polar surface area (TPSA) is 85.9 Å². The fourth-order valence-corrected chi connectivity index (χ4v) is 8.67. The molecular weight excluding hydrogens is 593 g/mol. The van der Waals surface area contributed by atoms with Crippen molar-refractivity contribution in [2.24, 2.45) is 11.3 Å². The molecule has 6 rings (SSSR count). The van der Waals surface area contributed by atoms with Gasteiger partial charge in [-0.3, -0.25) is 4.79 Å². The van der Waals surface area contributed by atoms with Crippen LogP contribution in [0.3, 0.4) is 0 Å². The number of likely N-dealkylation sites (tertiary alicyclic amines) is 1. The highest BCUT2D eigenvalue weighted by molar-refractivity contribution is 5.97. The van der Waals surface area contributed by atoms with E-state index in [0.29, 0.717) is 34.9 Å². The number of carbonyl (C=O) groups is 1. The van der Waals surface area contributed by atoms with Crippen LogP contribution in [-0.4, -0.2) is 95.7 Å². The van der Waals surface area contributed by atoms with E-state index in [4.69, 9.17) is 4.74 Å². The first-order chi connectivity index (χ1) is 22.7. The van der Waals surface area contributed by atoms with Gasteiger partial charge in [0.2, 0.25) is 0 Å². The molecule has 258 valence electrons. The summed E-state index contributed by atoms with van der Waals surface area (Å²) in [6, 6.07) is 5.48. The third kappa shape index (κ3) is 8.26. The van der Waals surface area contributed by atoms with Crippen molar-refractivity contribution in [2.75, 3.05) is 50.7 Å². The van der Waals surface area contributed by atoms with Crippen LogP contribution in [0.5, 0.6) is 11.5 Å². The molecule has 2 aromatic rings. The second-order valence-corrected chi connectivity index (χ2v) is 15.2. The first-order valence-corrected chi connectivity index (χ1v) is 18.2. The summed E-state index contributed by atoms with van der Waals surface area (Å²) in [5.74, 6) is 1.36. The summed E-state index contributed by atoms with van der Waals surface area (Å²) in [6.45, 7) is 15.5. The van der Waals surface area contributed by atoms with Crippen LogP contribution in [0.15, 0.2) is 30.7 Å². The lowest BCUT2D eigenvalue weighted by Gasteiger charge is -2.47. The Labute approximate surface area is 281 Å². The van der Waals surface area contributed by atoms with Gasteiger partial charge in [-0.05, 0) is 141 Å². The molecule has 4 heterocycles. The predicted octanol–water partition coefficient (Wildman–Crippen LogP) is 5.86. The third-order valence-electron chi connectivity index (χ3n) is 11.3. The first-order valence-electron chi connectivity index (χ1n) is 18.2. The number of nitrogens with zero attached hydrogens (tertiary/aromatic N) is 5. The van der Waals surface area contributed by atoms with Crippen molar-refractivity contribution in [2.45, 2.75) is 110 Å². The van der Waals surface area contributed by atoms with Gasteiger partial charge >= 0.3 is 0 Å². The lowest BCUT2D eigenvalue weighted by molar-refractivity contribution is 0.0508. The minimum Gasteiger partial charge on any atom is -0.451 e. The smallest absolute Gasteiger partial charge is 0.258 e. The van der Waals surface area contributed by atoms with Crippen molar-refractivity contribution in [3.05, 3.63) is 42.1 Å². The Balaban J connectivity index is 1.03. The Bertz CT molecular complexity index is 1320. The molecule has 1 aromatic heterocycles. The molecule has 3 aliphatic heterocycles. The van der Waals surface area contributed by atoms with Crippen molar-refractivity contribution in [1.29, 1.82) is 0 Å². The Morgan fingerprint density at radius 2 is 1.70 bits per heavy atom. The van der Waals surface area contributed by atoms with E-state index >= 15 is 0 Å². The van der Waals surface area contributed by atoms with E-state index in [-0.39, 0.29) is 23.6 Å². The van der Waals surface area contributed by atoms with Gasteiger partial charge < -0.3 is 30.1 Å². The van der Waals surface area contributed by atoms with Crippen molar-refractivity contribution >= 4 is 11.7 Å². The molecule has 1 aliphatic carbocycles. The van der Waals surface area contributed by atoms with Crippen LogP contribution >= 0.6 is 0 Å². The number of rotatable bonds is 10. The molecule has 1 atom stereocenters. The van der Waals surface area contributed by atoms with Gasteiger partial charge in [-0.15, -0.1) is 0 Å². The summed E-state index contributed by atoms with van der Waals surface area (Å²) in [7, 11) is 0. The number of ether oxygens (including phenoxy) is 1. The summed E-state index contributed by atoms with van der Waals surface area (Å²) in [6.07, 6.45) is 14.9. The first kappa shape index (κ1) is 34.1. The van der Waals surface area contributed by atoms with Crippen LogP contribution < -0.4 is 20.3 Å². The lowest BCUT2D eigenvalue weighted by Crippen LogP contribution is -2.49. The highest BCUT2D eigenvalue weighted by atomic mass is 19.1. The summed E-state index contributed by atoms with van der Waals surface area (Å²) in [4.78, 5) is 29.2. The maximum atomic E-state index is 14.4. The molecule has 3 saturated heterocycles. The van der Waals surface area contributed by atoms with Crippen molar-refractivity contribution < 1.29 is 13.9 Å². The van der Waals surface area contributed by atoms with E-state index < -0.39 is 5.82 Å². The van der Waals surface area contributed by atoms with Crippen molar-refractivity contribution in [3.8, 4) is 11.5 Å². The molecule has 10 heteroatoms. The maximum Gasteiger partial charge on any atom is 0.258 e. The zero-order valence-corrected chi connectivity index (χ0v) is 29.0. The number of hydrogen-bond donors (Lipinski definition) is 2. The fourth-order valence-electron chi connectivity index (χ4n) is 8.67. The molecule has 4 fully saturated rings. The number of anilines is 1. The zero-order valence-electron chi connectivity index (χ0n) is 29.0. The van der Waals surface area contributed by atoms with Gasteiger partial charge in [0.05, 0.1) is 11.8 Å². The van der Waals surface area contributed by atoms with Crippen LogP contribution in [-0.2, 0) is 0 Å². The van der Waals surface area contributed by atoms with E-state index in [2.05, 4.69) is 30.4 Å². The minimum absolute atomic E-state index is 0.0392. The van der Waals surface area contributed by atoms with E-state index in [1.807, 2.05) is 27.7 Å². The minimum atomic E-state index is -0.471. The molecule has 4 aliphatic rings. The van der Waals surface area contributed by atoms with E-state index in [0.717, 1.165) is 45.0 Å². The zero-order chi connectivity index (χ0) is 33.0. The van der Waals surface area contributed by atoms with Gasteiger partial charge in [0.15, 0.2) is 11.6 Å². The van der Waals surface area contributed by atoms with Crippen LogP contribution in [0.1, 0.15) is 95.8 Å². The third-order valence-corrected chi connectivity index (χ3v) is 11.3. The summed E-state index contributed by atoms with van der Waals surface area (Å²) < 4.78 is 20.7. The molecule has 1 saturated carbocycles. The second-order valence-electron chi connectivity index (χ2n) is 15.2. The molecule has 0 unspecified atom stereocenters. The van der Waals surface area contributed by atoms with Gasteiger partial charge in [-0.1, -0.05) is 0 Å². The Hall–Kier alpha value is -2.82. The van der Waals surface area contributed by atoms with Crippen molar-refractivity contribution in [1.82, 2.24) is 30.4 Å². The highest BCUT2D eigenvalue weighted by Gasteiger charge is 2.39. The Morgan fingerprint density at radius 1 is 1.00 bits per heavy atom.